The number of nitrogens with zero attached hydrogens (tertiary/aromatic N) is 1. The van der Waals surface area contributed by atoms with Gasteiger partial charge in [-0.05, 0) is 40.3 Å². The van der Waals surface area contributed by atoms with Crippen molar-refractivity contribution < 1.29 is 9.90 Å². The Morgan fingerprint density at radius 1 is 0.926 bits per heavy atom. The molecule has 0 saturated heterocycles. The molecule has 1 N–H and O–H groups in total. The lowest BCUT2D eigenvalue weighted by Gasteiger charge is -2.29. The standard InChI is InChI=1S/C23H17NO2S/c25-21(26)20-14-27-22(24-20)23(12-16-7-1-2-8-17(16)13-23)19-11-5-9-15-6-3-4-10-18(15)19/h1-11,14H,12-13H2,(H,25,26). The number of aromatic nitrogens is 1. The fourth-order valence-electron chi connectivity index (χ4n) is 4.31. The van der Waals surface area contributed by atoms with Gasteiger partial charge in [-0.3, -0.25) is 0 Å². The van der Waals surface area contributed by atoms with Crippen LogP contribution >= 0.6 is 11.3 Å². The third-order valence-corrected chi connectivity index (χ3v) is 6.59. The molecule has 0 aliphatic heterocycles. The van der Waals surface area contributed by atoms with Crippen molar-refractivity contribution in [1.82, 2.24) is 4.98 Å². The van der Waals surface area contributed by atoms with E-state index in [1.807, 2.05) is 6.07 Å². The highest BCUT2D eigenvalue weighted by Crippen LogP contribution is 2.47. The molecule has 1 heterocycles. The van der Waals surface area contributed by atoms with E-state index in [0.717, 1.165) is 17.8 Å². The van der Waals surface area contributed by atoms with Crippen LogP contribution in [0, 0.1) is 0 Å². The van der Waals surface area contributed by atoms with Gasteiger partial charge < -0.3 is 5.11 Å². The zero-order valence-electron chi connectivity index (χ0n) is 14.6. The first-order valence-electron chi connectivity index (χ1n) is 8.92. The molecule has 27 heavy (non-hydrogen) atoms. The number of rotatable bonds is 3. The van der Waals surface area contributed by atoms with Crippen molar-refractivity contribution in [2.45, 2.75) is 18.3 Å². The zero-order chi connectivity index (χ0) is 18.4. The fourth-order valence-corrected chi connectivity index (χ4v) is 5.31. The van der Waals surface area contributed by atoms with Gasteiger partial charge in [-0.2, -0.15) is 0 Å². The molecular formula is C23H17NO2S. The van der Waals surface area contributed by atoms with Crippen LogP contribution in [0.3, 0.4) is 0 Å². The van der Waals surface area contributed by atoms with E-state index in [-0.39, 0.29) is 11.1 Å². The lowest BCUT2D eigenvalue weighted by atomic mass is 9.76. The van der Waals surface area contributed by atoms with Gasteiger partial charge in [0.2, 0.25) is 0 Å². The minimum absolute atomic E-state index is 0.130. The Bertz CT molecular complexity index is 1150. The fraction of sp³-hybridized carbons (Fsp3) is 0.130. The number of hydrogen-bond acceptors (Lipinski definition) is 3. The normalized spacial score (nSPS) is 15.0. The molecule has 0 radical (unpaired) electrons. The first-order valence-corrected chi connectivity index (χ1v) is 9.80. The highest BCUT2D eigenvalue weighted by atomic mass is 32.1. The molecule has 0 saturated carbocycles. The lowest BCUT2D eigenvalue weighted by Crippen LogP contribution is -2.29. The van der Waals surface area contributed by atoms with Crippen LogP contribution < -0.4 is 0 Å². The third kappa shape index (κ3) is 2.48. The van der Waals surface area contributed by atoms with E-state index in [1.54, 1.807) is 5.38 Å². The van der Waals surface area contributed by atoms with E-state index in [2.05, 4.69) is 65.6 Å². The Kier molecular flexibility index (Phi) is 3.62. The zero-order valence-corrected chi connectivity index (χ0v) is 15.4. The van der Waals surface area contributed by atoms with Gasteiger partial charge in [-0.25, -0.2) is 9.78 Å². The van der Waals surface area contributed by atoms with Gasteiger partial charge in [0, 0.05) is 5.38 Å². The second-order valence-electron chi connectivity index (χ2n) is 7.07. The van der Waals surface area contributed by atoms with Crippen LogP contribution in [-0.4, -0.2) is 16.1 Å². The maximum absolute atomic E-state index is 11.4. The summed E-state index contributed by atoms with van der Waals surface area (Å²) in [5, 5.41) is 14.3. The summed E-state index contributed by atoms with van der Waals surface area (Å²) in [7, 11) is 0. The molecule has 5 rings (SSSR count). The van der Waals surface area contributed by atoms with Crippen LogP contribution in [0.25, 0.3) is 10.8 Å². The summed E-state index contributed by atoms with van der Waals surface area (Å²) in [6.45, 7) is 0. The van der Waals surface area contributed by atoms with Gasteiger partial charge in [-0.15, -0.1) is 11.3 Å². The number of carboxylic acid groups (broad SMARTS) is 1. The van der Waals surface area contributed by atoms with Crippen LogP contribution in [0.15, 0.2) is 72.1 Å². The molecule has 4 heteroatoms. The van der Waals surface area contributed by atoms with Crippen molar-refractivity contribution in [3.8, 4) is 0 Å². The summed E-state index contributed by atoms with van der Waals surface area (Å²) in [5.41, 5.74) is 3.66. The van der Waals surface area contributed by atoms with Gasteiger partial charge >= 0.3 is 5.97 Å². The second kappa shape index (κ2) is 6.03. The van der Waals surface area contributed by atoms with Gasteiger partial charge in [-0.1, -0.05) is 66.7 Å². The summed E-state index contributed by atoms with van der Waals surface area (Å²) >= 11 is 1.46. The third-order valence-electron chi connectivity index (χ3n) is 5.54. The van der Waals surface area contributed by atoms with E-state index < -0.39 is 5.97 Å². The van der Waals surface area contributed by atoms with E-state index in [4.69, 9.17) is 0 Å². The van der Waals surface area contributed by atoms with Crippen LogP contribution in [-0.2, 0) is 18.3 Å². The average molecular weight is 371 g/mol. The molecule has 132 valence electrons. The van der Waals surface area contributed by atoms with Crippen LogP contribution in [0.5, 0.6) is 0 Å². The topological polar surface area (TPSA) is 50.2 Å². The molecule has 1 aromatic heterocycles. The van der Waals surface area contributed by atoms with Crippen LogP contribution in [0.2, 0.25) is 0 Å². The number of carbonyl (C=O) groups is 1. The molecular weight excluding hydrogens is 354 g/mol. The molecule has 0 bridgehead atoms. The molecule has 1 aliphatic rings. The lowest BCUT2D eigenvalue weighted by molar-refractivity contribution is 0.0691. The summed E-state index contributed by atoms with van der Waals surface area (Å²) < 4.78 is 0. The number of carboxylic acids is 1. The summed E-state index contributed by atoms with van der Waals surface area (Å²) in [6, 6.07) is 23.3. The molecule has 0 fully saturated rings. The minimum Gasteiger partial charge on any atom is -0.476 e. The monoisotopic (exact) mass is 371 g/mol. The molecule has 0 unspecified atom stereocenters. The van der Waals surface area contributed by atoms with Gasteiger partial charge in [0.1, 0.15) is 5.01 Å². The Hall–Kier alpha value is -2.98. The van der Waals surface area contributed by atoms with E-state index >= 15 is 0 Å². The van der Waals surface area contributed by atoms with Crippen molar-refractivity contribution in [2.75, 3.05) is 0 Å². The van der Waals surface area contributed by atoms with Crippen molar-refractivity contribution in [2.24, 2.45) is 0 Å². The first kappa shape index (κ1) is 16.2. The van der Waals surface area contributed by atoms with Crippen LogP contribution in [0.1, 0.15) is 32.2 Å². The smallest absolute Gasteiger partial charge is 0.355 e. The van der Waals surface area contributed by atoms with E-state index in [1.165, 1.54) is 38.8 Å². The molecule has 0 spiro atoms. The van der Waals surface area contributed by atoms with Crippen LogP contribution in [0.4, 0.5) is 0 Å². The number of aromatic carboxylic acids is 1. The summed E-state index contributed by atoms with van der Waals surface area (Å²) in [6.07, 6.45) is 1.67. The Morgan fingerprint density at radius 2 is 1.59 bits per heavy atom. The predicted octanol–water partition coefficient (Wildman–Crippen LogP) is 5.08. The van der Waals surface area contributed by atoms with E-state index in [0.29, 0.717) is 0 Å². The number of hydrogen-bond donors (Lipinski definition) is 1. The minimum atomic E-state index is -0.971. The molecule has 3 nitrogen and oxygen atoms in total. The highest BCUT2D eigenvalue weighted by Gasteiger charge is 2.43. The maximum Gasteiger partial charge on any atom is 0.355 e. The van der Waals surface area contributed by atoms with Gasteiger partial charge in [0.05, 0.1) is 5.41 Å². The Morgan fingerprint density at radius 3 is 2.30 bits per heavy atom. The van der Waals surface area contributed by atoms with E-state index in [9.17, 15) is 9.90 Å². The average Bonchev–Trinajstić information content (AvgIpc) is 3.33. The maximum atomic E-state index is 11.4. The highest BCUT2D eigenvalue weighted by molar-refractivity contribution is 7.10. The SMILES string of the molecule is O=C(O)c1csc(C2(c3cccc4ccccc34)Cc3ccccc3C2)n1. The van der Waals surface area contributed by atoms with Crippen molar-refractivity contribution in [3.63, 3.8) is 0 Å². The summed E-state index contributed by atoms with van der Waals surface area (Å²) in [5.74, 6) is -0.971. The molecule has 4 aromatic rings. The molecule has 0 atom stereocenters. The Labute approximate surface area is 160 Å². The molecule has 0 amide bonds. The summed E-state index contributed by atoms with van der Waals surface area (Å²) in [4.78, 5) is 16.0. The predicted molar refractivity (Wildman–Crippen MR) is 108 cm³/mol. The van der Waals surface area contributed by atoms with Crippen molar-refractivity contribution >= 4 is 28.1 Å². The first-order chi connectivity index (χ1) is 13.2. The quantitative estimate of drug-likeness (QED) is 0.546. The number of benzene rings is 3. The van der Waals surface area contributed by atoms with Crippen molar-refractivity contribution in [1.29, 1.82) is 0 Å². The van der Waals surface area contributed by atoms with Gasteiger partial charge in [0.15, 0.2) is 5.69 Å². The van der Waals surface area contributed by atoms with Crippen molar-refractivity contribution in [3.05, 3.63) is 99.5 Å². The molecule has 3 aromatic carbocycles. The number of thiazole rings is 1. The molecule has 1 aliphatic carbocycles. The van der Waals surface area contributed by atoms with Gasteiger partial charge in [0.25, 0.3) is 0 Å². The Balaban J connectivity index is 1.78. The second-order valence-corrected chi connectivity index (χ2v) is 7.93. The number of fused-ring (bicyclic) bond motifs is 2. The largest absolute Gasteiger partial charge is 0.476 e.